The van der Waals surface area contributed by atoms with Crippen molar-refractivity contribution in [2.45, 2.75) is 13.5 Å². The van der Waals surface area contributed by atoms with Crippen LogP contribution in [0.4, 0.5) is 0 Å². The SMILES string of the molecule is COc1ccc(-c2cn3c(CO)c(C)nc3cn2)cn1. The minimum absolute atomic E-state index is 0.0582. The summed E-state index contributed by atoms with van der Waals surface area (Å²) in [7, 11) is 1.58. The van der Waals surface area contributed by atoms with E-state index >= 15 is 0 Å². The maximum atomic E-state index is 9.42. The smallest absolute Gasteiger partial charge is 0.212 e. The van der Waals surface area contributed by atoms with Crippen molar-refractivity contribution >= 4 is 5.65 Å². The van der Waals surface area contributed by atoms with Crippen LogP contribution in [0.1, 0.15) is 11.4 Å². The normalized spacial score (nSPS) is 10.9. The van der Waals surface area contributed by atoms with E-state index in [9.17, 15) is 5.11 Å². The van der Waals surface area contributed by atoms with Gasteiger partial charge in [0.15, 0.2) is 5.65 Å². The Morgan fingerprint density at radius 3 is 2.75 bits per heavy atom. The average molecular weight is 270 g/mol. The van der Waals surface area contributed by atoms with Crippen molar-refractivity contribution in [2.24, 2.45) is 0 Å². The number of hydrogen-bond acceptors (Lipinski definition) is 5. The molecule has 0 aliphatic rings. The number of aromatic nitrogens is 4. The maximum absolute atomic E-state index is 9.42. The minimum atomic E-state index is -0.0582. The Labute approximate surface area is 115 Å². The molecule has 3 rings (SSSR count). The summed E-state index contributed by atoms with van der Waals surface area (Å²) in [4.78, 5) is 12.9. The summed E-state index contributed by atoms with van der Waals surface area (Å²) in [6.45, 7) is 1.81. The molecule has 3 heterocycles. The first-order chi connectivity index (χ1) is 9.72. The number of pyridine rings is 1. The highest BCUT2D eigenvalue weighted by Gasteiger charge is 2.09. The van der Waals surface area contributed by atoms with E-state index < -0.39 is 0 Å². The van der Waals surface area contributed by atoms with Crippen LogP contribution >= 0.6 is 0 Å². The number of aliphatic hydroxyl groups excluding tert-OH is 1. The number of rotatable bonds is 3. The molecule has 0 saturated heterocycles. The number of methoxy groups -OCH3 is 1. The van der Waals surface area contributed by atoms with Gasteiger partial charge in [-0.05, 0) is 13.0 Å². The molecule has 0 fully saturated rings. The Morgan fingerprint density at radius 1 is 1.25 bits per heavy atom. The maximum Gasteiger partial charge on any atom is 0.212 e. The first-order valence-corrected chi connectivity index (χ1v) is 6.18. The molecule has 3 aromatic rings. The third-order valence-electron chi connectivity index (χ3n) is 3.20. The standard InChI is InChI=1S/C14H14N4O2/c1-9-12(8-19)18-7-11(15-6-13(18)17-9)10-3-4-14(20-2)16-5-10/h3-7,19H,8H2,1-2H3. The second-order valence-electron chi connectivity index (χ2n) is 4.39. The van der Waals surface area contributed by atoms with Gasteiger partial charge in [0.25, 0.3) is 0 Å². The van der Waals surface area contributed by atoms with Gasteiger partial charge >= 0.3 is 0 Å². The van der Waals surface area contributed by atoms with Crippen LogP contribution in [0.25, 0.3) is 16.9 Å². The summed E-state index contributed by atoms with van der Waals surface area (Å²) in [6, 6.07) is 3.68. The van der Waals surface area contributed by atoms with E-state index in [1.807, 2.05) is 23.6 Å². The fraction of sp³-hybridized carbons (Fsp3) is 0.214. The predicted octanol–water partition coefficient (Wildman–Crippen LogP) is 1.60. The van der Waals surface area contributed by atoms with Gasteiger partial charge in [-0.2, -0.15) is 0 Å². The molecule has 0 amide bonds. The monoisotopic (exact) mass is 270 g/mol. The summed E-state index contributed by atoms with van der Waals surface area (Å²) < 4.78 is 6.88. The molecule has 0 unspecified atom stereocenters. The molecule has 0 saturated carbocycles. The van der Waals surface area contributed by atoms with Crippen molar-refractivity contribution in [3.05, 3.63) is 42.1 Å². The lowest BCUT2D eigenvalue weighted by atomic mass is 10.2. The molecule has 3 aromatic heterocycles. The molecule has 6 nitrogen and oxygen atoms in total. The summed E-state index contributed by atoms with van der Waals surface area (Å²) >= 11 is 0. The molecule has 6 heteroatoms. The van der Waals surface area contributed by atoms with Crippen LogP contribution in [-0.4, -0.2) is 31.6 Å². The highest BCUT2D eigenvalue weighted by molar-refractivity contribution is 5.59. The van der Waals surface area contributed by atoms with E-state index in [0.29, 0.717) is 5.88 Å². The molecule has 0 aromatic carbocycles. The van der Waals surface area contributed by atoms with Crippen LogP contribution in [0.3, 0.4) is 0 Å². The number of aryl methyl sites for hydroxylation is 1. The van der Waals surface area contributed by atoms with Gasteiger partial charge in [0.1, 0.15) is 0 Å². The molecule has 102 valence electrons. The van der Waals surface area contributed by atoms with Gasteiger partial charge in [-0.3, -0.25) is 9.38 Å². The van der Waals surface area contributed by atoms with Crippen LogP contribution in [0.2, 0.25) is 0 Å². The topological polar surface area (TPSA) is 72.5 Å². The van der Waals surface area contributed by atoms with Crippen molar-refractivity contribution in [3.63, 3.8) is 0 Å². The van der Waals surface area contributed by atoms with Crippen molar-refractivity contribution < 1.29 is 9.84 Å². The zero-order valence-corrected chi connectivity index (χ0v) is 11.2. The molecule has 0 bridgehead atoms. The van der Waals surface area contributed by atoms with Gasteiger partial charge in [-0.1, -0.05) is 0 Å². The molecule has 0 aliphatic carbocycles. The van der Waals surface area contributed by atoms with Gasteiger partial charge < -0.3 is 9.84 Å². The van der Waals surface area contributed by atoms with Crippen molar-refractivity contribution in [1.29, 1.82) is 0 Å². The largest absolute Gasteiger partial charge is 0.481 e. The molecule has 0 aliphatic heterocycles. The highest BCUT2D eigenvalue weighted by atomic mass is 16.5. The molecule has 0 radical (unpaired) electrons. The minimum Gasteiger partial charge on any atom is -0.481 e. The van der Waals surface area contributed by atoms with E-state index in [-0.39, 0.29) is 6.61 Å². The molecule has 0 spiro atoms. The summed E-state index contributed by atoms with van der Waals surface area (Å²) in [5.41, 5.74) is 3.93. The predicted molar refractivity (Wildman–Crippen MR) is 73.4 cm³/mol. The van der Waals surface area contributed by atoms with E-state index in [4.69, 9.17) is 4.74 Å². The molecular formula is C14H14N4O2. The lowest BCUT2D eigenvalue weighted by Gasteiger charge is -2.04. The molecule has 20 heavy (non-hydrogen) atoms. The summed E-state index contributed by atoms with van der Waals surface area (Å²) in [6.07, 6.45) is 5.24. The van der Waals surface area contributed by atoms with Gasteiger partial charge in [-0.15, -0.1) is 0 Å². The van der Waals surface area contributed by atoms with E-state index in [1.54, 1.807) is 25.6 Å². The first kappa shape index (κ1) is 12.6. The van der Waals surface area contributed by atoms with Gasteiger partial charge in [0.2, 0.25) is 5.88 Å². The van der Waals surface area contributed by atoms with Gasteiger partial charge in [0, 0.05) is 24.0 Å². The Balaban J connectivity index is 2.11. The highest BCUT2D eigenvalue weighted by Crippen LogP contribution is 2.20. The lowest BCUT2D eigenvalue weighted by molar-refractivity contribution is 0.275. The Morgan fingerprint density at radius 2 is 2.10 bits per heavy atom. The fourth-order valence-corrected chi connectivity index (χ4v) is 2.11. The van der Waals surface area contributed by atoms with Crippen molar-refractivity contribution in [2.75, 3.05) is 7.11 Å². The quantitative estimate of drug-likeness (QED) is 0.782. The van der Waals surface area contributed by atoms with Crippen molar-refractivity contribution in [3.8, 4) is 17.1 Å². The Kier molecular flexibility index (Phi) is 3.08. The number of nitrogens with zero attached hydrogens (tertiary/aromatic N) is 4. The van der Waals surface area contributed by atoms with E-state index in [0.717, 1.165) is 28.3 Å². The third kappa shape index (κ3) is 2.00. The number of ether oxygens (including phenoxy) is 1. The average Bonchev–Trinajstić information content (AvgIpc) is 2.81. The zero-order valence-electron chi connectivity index (χ0n) is 11.2. The van der Waals surface area contributed by atoms with Crippen LogP contribution in [0.5, 0.6) is 5.88 Å². The summed E-state index contributed by atoms with van der Waals surface area (Å²) in [5.74, 6) is 0.560. The summed E-state index contributed by atoms with van der Waals surface area (Å²) in [5, 5.41) is 9.42. The van der Waals surface area contributed by atoms with E-state index in [1.165, 1.54) is 0 Å². The van der Waals surface area contributed by atoms with Crippen LogP contribution in [0, 0.1) is 6.92 Å². The molecular weight excluding hydrogens is 256 g/mol. The van der Waals surface area contributed by atoms with E-state index in [2.05, 4.69) is 15.0 Å². The Bertz CT molecular complexity index is 750. The molecule has 1 N–H and O–H groups in total. The Hall–Kier alpha value is -2.47. The third-order valence-corrected chi connectivity index (χ3v) is 3.20. The van der Waals surface area contributed by atoms with Crippen LogP contribution < -0.4 is 4.74 Å². The first-order valence-electron chi connectivity index (χ1n) is 6.18. The fourth-order valence-electron chi connectivity index (χ4n) is 2.11. The number of fused-ring (bicyclic) bond motifs is 1. The number of imidazole rings is 1. The van der Waals surface area contributed by atoms with Gasteiger partial charge in [-0.25, -0.2) is 9.97 Å². The van der Waals surface area contributed by atoms with Crippen LogP contribution in [0.15, 0.2) is 30.7 Å². The lowest BCUT2D eigenvalue weighted by Crippen LogP contribution is -1.96. The van der Waals surface area contributed by atoms with Crippen molar-refractivity contribution in [1.82, 2.24) is 19.4 Å². The molecule has 0 atom stereocenters. The zero-order chi connectivity index (χ0) is 14.1. The second-order valence-corrected chi connectivity index (χ2v) is 4.39. The second kappa shape index (κ2) is 4.90. The number of aliphatic hydroxyl groups is 1. The number of hydrogen-bond donors (Lipinski definition) is 1. The van der Waals surface area contributed by atoms with Crippen LogP contribution in [-0.2, 0) is 6.61 Å². The van der Waals surface area contributed by atoms with Gasteiger partial charge in [0.05, 0.1) is 37.0 Å².